The fourth-order valence-electron chi connectivity index (χ4n) is 3.97. The third-order valence-electron chi connectivity index (χ3n) is 5.33. The maximum Gasteiger partial charge on any atom is 0.322 e. The van der Waals surface area contributed by atoms with Gasteiger partial charge in [0.2, 0.25) is 5.89 Å². The summed E-state index contributed by atoms with van der Waals surface area (Å²) in [5.74, 6) is 1.43. The molecule has 2 fully saturated rings. The maximum atomic E-state index is 12.7. The van der Waals surface area contributed by atoms with E-state index in [0.717, 1.165) is 47.8 Å². The number of likely N-dealkylation sites (tertiary alicyclic amines) is 1. The summed E-state index contributed by atoms with van der Waals surface area (Å²) >= 11 is 0. The van der Waals surface area contributed by atoms with Crippen LogP contribution in [0.3, 0.4) is 0 Å². The summed E-state index contributed by atoms with van der Waals surface area (Å²) in [7, 11) is 0. The van der Waals surface area contributed by atoms with Crippen LogP contribution in [0.4, 0.5) is 10.5 Å². The van der Waals surface area contributed by atoms with Crippen LogP contribution in [-0.4, -0.2) is 28.5 Å². The number of carbonyl (C=O) groups is 1. The third kappa shape index (κ3) is 2.79. The SMILES string of the molecule is Cc1coc(-c2cc(NC(=O)N3CCC4CCC3C4)ccc2C)n1. The highest BCUT2D eigenvalue weighted by molar-refractivity contribution is 5.90. The van der Waals surface area contributed by atoms with Gasteiger partial charge in [0.05, 0.1) is 5.69 Å². The van der Waals surface area contributed by atoms with E-state index in [1.807, 2.05) is 36.9 Å². The first-order valence-electron chi connectivity index (χ1n) is 8.71. The van der Waals surface area contributed by atoms with Crippen LogP contribution >= 0.6 is 0 Å². The van der Waals surface area contributed by atoms with Gasteiger partial charge in [-0.1, -0.05) is 6.07 Å². The molecule has 2 aromatic rings. The molecule has 1 aliphatic heterocycles. The van der Waals surface area contributed by atoms with Crippen molar-refractivity contribution in [2.45, 2.75) is 45.6 Å². The highest BCUT2D eigenvalue weighted by atomic mass is 16.3. The summed E-state index contributed by atoms with van der Waals surface area (Å²) in [4.78, 5) is 19.1. The van der Waals surface area contributed by atoms with Gasteiger partial charge in [-0.2, -0.15) is 0 Å². The number of anilines is 1. The van der Waals surface area contributed by atoms with Crippen molar-refractivity contribution in [1.82, 2.24) is 9.88 Å². The fraction of sp³-hybridized carbons (Fsp3) is 0.474. The van der Waals surface area contributed by atoms with Crippen molar-refractivity contribution in [1.29, 1.82) is 0 Å². The first-order valence-corrected chi connectivity index (χ1v) is 8.71. The van der Waals surface area contributed by atoms with Crippen LogP contribution < -0.4 is 5.32 Å². The second kappa shape index (κ2) is 5.96. The molecule has 0 spiro atoms. The number of benzene rings is 1. The molecule has 2 unspecified atom stereocenters. The van der Waals surface area contributed by atoms with Gasteiger partial charge in [-0.3, -0.25) is 0 Å². The van der Waals surface area contributed by atoms with Crippen LogP contribution in [0.1, 0.15) is 36.9 Å². The molecular formula is C19H23N3O2. The average Bonchev–Trinajstić information content (AvgIpc) is 3.16. The molecule has 1 aromatic carbocycles. The molecule has 4 rings (SSSR count). The zero-order valence-corrected chi connectivity index (χ0v) is 14.2. The van der Waals surface area contributed by atoms with E-state index in [1.165, 1.54) is 12.8 Å². The van der Waals surface area contributed by atoms with Gasteiger partial charge in [0.15, 0.2) is 0 Å². The van der Waals surface area contributed by atoms with E-state index in [9.17, 15) is 4.79 Å². The second-order valence-electron chi connectivity index (χ2n) is 7.07. The number of amides is 2. The quantitative estimate of drug-likeness (QED) is 0.892. The van der Waals surface area contributed by atoms with Crippen LogP contribution in [0.25, 0.3) is 11.5 Å². The molecule has 0 radical (unpaired) electrons. The van der Waals surface area contributed by atoms with Gasteiger partial charge in [-0.25, -0.2) is 9.78 Å². The van der Waals surface area contributed by atoms with Gasteiger partial charge >= 0.3 is 6.03 Å². The smallest absolute Gasteiger partial charge is 0.322 e. The molecule has 1 saturated carbocycles. The molecule has 2 aliphatic rings. The van der Waals surface area contributed by atoms with E-state index >= 15 is 0 Å². The van der Waals surface area contributed by atoms with E-state index in [-0.39, 0.29) is 6.03 Å². The van der Waals surface area contributed by atoms with Crippen LogP contribution in [0.5, 0.6) is 0 Å². The van der Waals surface area contributed by atoms with Crippen molar-refractivity contribution in [2.24, 2.45) is 5.92 Å². The molecule has 1 aromatic heterocycles. The van der Waals surface area contributed by atoms with E-state index in [0.29, 0.717) is 11.9 Å². The lowest BCUT2D eigenvalue weighted by Gasteiger charge is -2.33. The molecule has 2 heterocycles. The Morgan fingerprint density at radius 1 is 1.29 bits per heavy atom. The number of aromatic nitrogens is 1. The molecule has 1 N–H and O–H groups in total. The Hall–Kier alpha value is -2.30. The number of hydrogen-bond acceptors (Lipinski definition) is 3. The lowest BCUT2D eigenvalue weighted by atomic mass is 9.99. The lowest BCUT2D eigenvalue weighted by molar-refractivity contribution is 0.167. The predicted molar refractivity (Wildman–Crippen MR) is 92.9 cm³/mol. The van der Waals surface area contributed by atoms with Crippen molar-refractivity contribution in [2.75, 3.05) is 11.9 Å². The fourth-order valence-corrected chi connectivity index (χ4v) is 3.97. The van der Waals surface area contributed by atoms with Crippen LogP contribution in [0.2, 0.25) is 0 Å². The Morgan fingerprint density at radius 2 is 2.17 bits per heavy atom. The standard InChI is InChI=1S/C19H23N3O2/c1-12-3-5-15(10-17(12)18-20-13(2)11-24-18)21-19(23)22-8-7-14-4-6-16(22)9-14/h3,5,10-11,14,16H,4,6-9H2,1-2H3,(H,21,23). The van der Waals surface area contributed by atoms with Crippen molar-refractivity contribution >= 4 is 11.7 Å². The predicted octanol–water partition coefficient (Wildman–Crippen LogP) is 4.36. The summed E-state index contributed by atoms with van der Waals surface area (Å²) in [6.07, 6.45) is 6.37. The van der Waals surface area contributed by atoms with Gasteiger partial charge < -0.3 is 14.6 Å². The average molecular weight is 325 g/mol. The Balaban J connectivity index is 1.53. The van der Waals surface area contributed by atoms with E-state index in [1.54, 1.807) is 6.26 Å². The van der Waals surface area contributed by atoms with E-state index < -0.39 is 0 Å². The Labute approximate surface area is 142 Å². The molecule has 24 heavy (non-hydrogen) atoms. The molecule has 1 aliphatic carbocycles. The number of nitrogens with one attached hydrogen (secondary N) is 1. The highest BCUT2D eigenvalue weighted by Crippen LogP contribution is 2.36. The summed E-state index contributed by atoms with van der Waals surface area (Å²) in [6, 6.07) is 6.31. The normalized spacial score (nSPS) is 22.7. The van der Waals surface area contributed by atoms with E-state index in [4.69, 9.17) is 4.42 Å². The molecule has 1 saturated heterocycles. The Kier molecular flexibility index (Phi) is 3.79. The first kappa shape index (κ1) is 15.2. The highest BCUT2D eigenvalue weighted by Gasteiger charge is 2.36. The van der Waals surface area contributed by atoms with Gasteiger partial charge in [-0.05, 0) is 63.1 Å². The van der Waals surface area contributed by atoms with Crippen molar-refractivity contribution < 1.29 is 9.21 Å². The van der Waals surface area contributed by atoms with Crippen LogP contribution in [0, 0.1) is 19.8 Å². The van der Waals surface area contributed by atoms with Crippen molar-refractivity contribution in [3.63, 3.8) is 0 Å². The Bertz CT molecular complexity index is 768. The summed E-state index contributed by atoms with van der Waals surface area (Å²) < 4.78 is 5.51. The van der Waals surface area contributed by atoms with Crippen LogP contribution in [0.15, 0.2) is 28.9 Å². The van der Waals surface area contributed by atoms with E-state index in [2.05, 4.69) is 10.3 Å². The number of piperidine rings is 1. The van der Waals surface area contributed by atoms with Gasteiger partial charge in [0, 0.05) is 23.8 Å². The molecule has 5 heteroatoms. The number of hydrogen-bond donors (Lipinski definition) is 1. The molecule has 126 valence electrons. The van der Waals surface area contributed by atoms with Crippen molar-refractivity contribution in [3.05, 3.63) is 35.7 Å². The first-order chi connectivity index (χ1) is 11.6. The monoisotopic (exact) mass is 325 g/mol. The minimum Gasteiger partial charge on any atom is -0.444 e. The molecule has 5 nitrogen and oxygen atoms in total. The molecule has 2 bridgehead atoms. The number of urea groups is 1. The lowest BCUT2D eigenvalue weighted by Crippen LogP contribution is -2.44. The van der Waals surface area contributed by atoms with Gasteiger partial charge in [-0.15, -0.1) is 0 Å². The minimum atomic E-state index is 0.0127. The number of aryl methyl sites for hydroxylation is 2. The van der Waals surface area contributed by atoms with Gasteiger partial charge in [0.1, 0.15) is 6.26 Å². The number of oxazole rings is 1. The summed E-state index contributed by atoms with van der Waals surface area (Å²) in [6.45, 7) is 4.79. The summed E-state index contributed by atoms with van der Waals surface area (Å²) in [5.41, 5.74) is 3.63. The molecule has 2 amide bonds. The molecular weight excluding hydrogens is 302 g/mol. The number of nitrogens with zero attached hydrogens (tertiary/aromatic N) is 2. The second-order valence-corrected chi connectivity index (χ2v) is 7.07. The van der Waals surface area contributed by atoms with Crippen LogP contribution in [-0.2, 0) is 0 Å². The van der Waals surface area contributed by atoms with Crippen molar-refractivity contribution in [3.8, 4) is 11.5 Å². The number of fused-ring (bicyclic) bond motifs is 2. The molecule has 2 atom stereocenters. The minimum absolute atomic E-state index is 0.0127. The number of carbonyl (C=O) groups excluding carboxylic acids is 1. The zero-order chi connectivity index (χ0) is 16.7. The van der Waals surface area contributed by atoms with Gasteiger partial charge in [0.25, 0.3) is 0 Å². The Morgan fingerprint density at radius 3 is 2.96 bits per heavy atom. The third-order valence-corrected chi connectivity index (χ3v) is 5.33. The maximum absolute atomic E-state index is 12.7. The zero-order valence-electron chi connectivity index (χ0n) is 14.2. The largest absolute Gasteiger partial charge is 0.444 e. The summed E-state index contributed by atoms with van der Waals surface area (Å²) in [5, 5.41) is 3.06. The topological polar surface area (TPSA) is 58.4 Å². The number of rotatable bonds is 2.